The summed E-state index contributed by atoms with van der Waals surface area (Å²) in [6.07, 6.45) is 5.41. The molecule has 4 heteroatoms. The van der Waals surface area contributed by atoms with E-state index in [2.05, 4.69) is 12.2 Å². The molecule has 0 spiro atoms. The minimum Gasteiger partial charge on any atom is -0.491 e. The van der Waals surface area contributed by atoms with Gasteiger partial charge >= 0.3 is 0 Å². The fourth-order valence-corrected chi connectivity index (χ4v) is 5.81. The van der Waals surface area contributed by atoms with Gasteiger partial charge in [-0.3, -0.25) is 4.79 Å². The first-order valence-electron chi connectivity index (χ1n) is 12.0. The van der Waals surface area contributed by atoms with Crippen LogP contribution in [0, 0.1) is 17.8 Å². The number of pyridine rings is 1. The summed E-state index contributed by atoms with van der Waals surface area (Å²) in [7, 11) is 0. The number of carbonyl (C=O) groups is 1. The van der Waals surface area contributed by atoms with Crippen LogP contribution in [0.1, 0.15) is 56.8 Å². The molecule has 32 heavy (non-hydrogen) atoms. The first-order valence-corrected chi connectivity index (χ1v) is 12.0. The third-order valence-electron chi connectivity index (χ3n) is 7.26. The molecule has 2 saturated carbocycles. The summed E-state index contributed by atoms with van der Waals surface area (Å²) in [5.74, 6) is 3.06. The van der Waals surface area contributed by atoms with Crippen LogP contribution < -0.4 is 10.1 Å². The minimum atomic E-state index is -0.00490. The van der Waals surface area contributed by atoms with Crippen LogP contribution in [0.4, 0.5) is 0 Å². The van der Waals surface area contributed by atoms with Crippen molar-refractivity contribution in [2.75, 3.05) is 0 Å². The van der Waals surface area contributed by atoms with Crippen molar-refractivity contribution in [2.45, 2.75) is 58.6 Å². The topological polar surface area (TPSA) is 51.2 Å². The van der Waals surface area contributed by atoms with E-state index < -0.39 is 0 Å². The number of aromatic nitrogens is 1. The molecule has 166 valence electrons. The molecule has 1 heterocycles. The van der Waals surface area contributed by atoms with E-state index in [-0.39, 0.29) is 18.1 Å². The molecule has 1 aromatic heterocycles. The number of hydrogen-bond acceptors (Lipinski definition) is 3. The Morgan fingerprint density at radius 3 is 2.62 bits per heavy atom. The number of nitrogens with zero attached hydrogens (tertiary/aromatic N) is 1. The lowest BCUT2D eigenvalue weighted by atomic mass is 9.84. The normalized spacial score (nSPS) is 22.9. The van der Waals surface area contributed by atoms with Gasteiger partial charge in [0.1, 0.15) is 5.75 Å². The molecule has 0 radical (unpaired) electrons. The Balaban J connectivity index is 1.46. The second-order valence-electron chi connectivity index (χ2n) is 9.87. The first kappa shape index (κ1) is 21.0. The molecule has 2 bridgehead atoms. The van der Waals surface area contributed by atoms with Crippen molar-refractivity contribution < 1.29 is 9.53 Å². The maximum Gasteiger partial charge on any atom is 0.252 e. The van der Waals surface area contributed by atoms with E-state index in [9.17, 15) is 4.79 Å². The number of nitrogens with one attached hydrogen (secondary N) is 1. The second kappa shape index (κ2) is 8.57. The highest BCUT2D eigenvalue weighted by Gasteiger charge is 2.42. The Bertz CT molecular complexity index is 1140. The average molecular weight is 429 g/mol. The van der Waals surface area contributed by atoms with Gasteiger partial charge in [-0.25, -0.2) is 4.98 Å². The van der Waals surface area contributed by atoms with Gasteiger partial charge in [0.05, 0.1) is 22.9 Å². The number of benzene rings is 2. The van der Waals surface area contributed by atoms with Crippen LogP contribution in [0.2, 0.25) is 0 Å². The van der Waals surface area contributed by atoms with Gasteiger partial charge in [0.2, 0.25) is 0 Å². The molecule has 5 rings (SSSR count). The third kappa shape index (κ3) is 4.11. The SMILES string of the molecule is CC(C)Oc1cccc(-c2cc(C(=O)N[C@H](C)[C@H]3C[C@H]4CC[C@H]3C4)c3ccccc3n2)c1. The molecule has 0 unspecified atom stereocenters. The Hall–Kier alpha value is -2.88. The monoisotopic (exact) mass is 428 g/mol. The zero-order valence-electron chi connectivity index (χ0n) is 19.2. The second-order valence-corrected chi connectivity index (χ2v) is 9.87. The van der Waals surface area contributed by atoms with E-state index in [1.807, 2.05) is 68.4 Å². The molecule has 0 saturated heterocycles. The highest BCUT2D eigenvalue weighted by molar-refractivity contribution is 6.07. The van der Waals surface area contributed by atoms with Gasteiger partial charge in [0.15, 0.2) is 0 Å². The summed E-state index contributed by atoms with van der Waals surface area (Å²) in [5.41, 5.74) is 3.26. The van der Waals surface area contributed by atoms with E-state index in [0.29, 0.717) is 11.5 Å². The predicted octanol–water partition coefficient (Wildman–Crippen LogP) is 6.24. The Morgan fingerprint density at radius 2 is 1.88 bits per heavy atom. The van der Waals surface area contributed by atoms with Gasteiger partial charge in [-0.05, 0) is 82.1 Å². The number of carbonyl (C=O) groups excluding carboxylic acids is 1. The lowest BCUT2D eigenvalue weighted by molar-refractivity contribution is 0.0917. The Morgan fingerprint density at radius 1 is 1.03 bits per heavy atom. The van der Waals surface area contributed by atoms with Gasteiger partial charge in [-0.2, -0.15) is 0 Å². The van der Waals surface area contributed by atoms with Crippen LogP contribution in [0.5, 0.6) is 5.75 Å². The molecule has 3 aromatic rings. The standard InChI is InChI=1S/C28H32N2O2/c1-17(2)32-22-8-6-7-21(15-22)27-16-25(23-9-4-5-10-26(23)30-27)28(31)29-18(3)24-14-19-11-12-20(24)13-19/h4-10,15-20,24H,11-14H2,1-3H3,(H,29,31)/t18-,19+,20+,24-/m1/s1. The molecule has 2 aliphatic rings. The summed E-state index contributed by atoms with van der Waals surface area (Å²) < 4.78 is 5.87. The quantitative estimate of drug-likeness (QED) is 0.505. The fraction of sp³-hybridized carbons (Fsp3) is 0.429. The van der Waals surface area contributed by atoms with Gasteiger partial charge in [0.25, 0.3) is 5.91 Å². The van der Waals surface area contributed by atoms with Crippen molar-refractivity contribution in [1.29, 1.82) is 0 Å². The van der Waals surface area contributed by atoms with Gasteiger partial charge in [0, 0.05) is 17.0 Å². The Kier molecular flexibility index (Phi) is 5.62. The third-order valence-corrected chi connectivity index (χ3v) is 7.26. The van der Waals surface area contributed by atoms with Crippen molar-refractivity contribution >= 4 is 16.8 Å². The molecular weight excluding hydrogens is 396 g/mol. The average Bonchev–Trinajstić information content (AvgIpc) is 3.42. The molecule has 2 fully saturated rings. The highest BCUT2D eigenvalue weighted by atomic mass is 16.5. The number of ether oxygens (including phenoxy) is 1. The maximum atomic E-state index is 13.5. The molecule has 2 aliphatic carbocycles. The first-order chi connectivity index (χ1) is 15.5. The van der Waals surface area contributed by atoms with Gasteiger partial charge in [-0.1, -0.05) is 36.8 Å². The zero-order chi connectivity index (χ0) is 22.2. The Labute approximate surface area is 190 Å². The predicted molar refractivity (Wildman–Crippen MR) is 129 cm³/mol. The molecule has 4 nitrogen and oxygen atoms in total. The molecule has 0 aliphatic heterocycles. The number of amides is 1. The lowest BCUT2D eigenvalue weighted by Crippen LogP contribution is -2.40. The zero-order valence-corrected chi connectivity index (χ0v) is 19.2. The van der Waals surface area contributed by atoms with E-state index in [4.69, 9.17) is 9.72 Å². The summed E-state index contributed by atoms with van der Waals surface area (Å²) in [5, 5.41) is 4.23. The fourth-order valence-electron chi connectivity index (χ4n) is 5.81. The van der Waals surface area contributed by atoms with Gasteiger partial charge in [-0.15, -0.1) is 0 Å². The molecule has 1 amide bonds. The summed E-state index contributed by atoms with van der Waals surface area (Å²) in [6.45, 7) is 6.21. The van der Waals surface area contributed by atoms with Crippen molar-refractivity contribution in [1.82, 2.24) is 10.3 Å². The van der Waals surface area contributed by atoms with Crippen molar-refractivity contribution in [2.24, 2.45) is 17.8 Å². The molecule has 2 aromatic carbocycles. The van der Waals surface area contributed by atoms with Crippen molar-refractivity contribution in [3.63, 3.8) is 0 Å². The minimum absolute atomic E-state index is 0.00490. The van der Waals surface area contributed by atoms with Crippen LogP contribution in [0.15, 0.2) is 54.6 Å². The van der Waals surface area contributed by atoms with Crippen LogP contribution in [0.25, 0.3) is 22.2 Å². The smallest absolute Gasteiger partial charge is 0.252 e. The van der Waals surface area contributed by atoms with E-state index in [0.717, 1.165) is 39.7 Å². The molecule has 1 N–H and O–H groups in total. The maximum absolute atomic E-state index is 13.5. The summed E-state index contributed by atoms with van der Waals surface area (Å²) >= 11 is 0. The number of rotatable bonds is 6. The van der Waals surface area contributed by atoms with Crippen LogP contribution in [-0.2, 0) is 0 Å². The van der Waals surface area contributed by atoms with Crippen LogP contribution in [0.3, 0.4) is 0 Å². The lowest BCUT2D eigenvalue weighted by Gasteiger charge is -2.28. The number of para-hydroxylation sites is 1. The van der Waals surface area contributed by atoms with Crippen LogP contribution >= 0.6 is 0 Å². The van der Waals surface area contributed by atoms with Crippen LogP contribution in [-0.4, -0.2) is 23.0 Å². The largest absolute Gasteiger partial charge is 0.491 e. The summed E-state index contributed by atoms with van der Waals surface area (Å²) in [4.78, 5) is 18.3. The van der Waals surface area contributed by atoms with Crippen molar-refractivity contribution in [3.8, 4) is 17.0 Å². The van der Waals surface area contributed by atoms with Crippen molar-refractivity contribution in [3.05, 3.63) is 60.2 Å². The van der Waals surface area contributed by atoms with E-state index in [1.54, 1.807) is 0 Å². The summed E-state index contributed by atoms with van der Waals surface area (Å²) in [6, 6.07) is 18.0. The van der Waals surface area contributed by atoms with E-state index in [1.165, 1.54) is 25.7 Å². The number of fused-ring (bicyclic) bond motifs is 3. The molecular formula is C28H32N2O2. The van der Waals surface area contributed by atoms with Gasteiger partial charge < -0.3 is 10.1 Å². The molecule has 4 atom stereocenters. The van der Waals surface area contributed by atoms with E-state index >= 15 is 0 Å². The highest BCUT2D eigenvalue weighted by Crippen LogP contribution is 2.49. The number of hydrogen-bond donors (Lipinski definition) is 1.